The number of fused-ring (bicyclic) bond motifs is 3. The lowest BCUT2D eigenvalue weighted by Gasteiger charge is -2.11. The van der Waals surface area contributed by atoms with Gasteiger partial charge in [0.15, 0.2) is 5.65 Å². The number of hydrogen-bond donors (Lipinski definition) is 1. The molecule has 0 spiro atoms. The van der Waals surface area contributed by atoms with Gasteiger partial charge in [-0.25, -0.2) is 15.0 Å². The number of hydrogen-bond acceptors (Lipinski definition) is 4. The number of aromatic nitrogens is 3. The maximum Gasteiger partial charge on any atom is 0.160 e. The molecule has 2 aromatic rings. The maximum absolute atomic E-state index is 5.81. The Morgan fingerprint density at radius 3 is 3.06 bits per heavy atom. The van der Waals surface area contributed by atoms with Crippen molar-refractivity contribution in [3.05, 3.63) is 22.6 Å². The van der Waals surface area contributed by atoms with Crippen LogP contribution < -0.4 is 5.84 Å². The Balaban J connectivity index is 2.15. The summed E-state index contributed by atoms with van der Waals surface area (Å²) in [6, 6.07) is 2.00. The molecule has 0 bridgehead atoms. The quantitative estimate of drug-likeness (QED) is 0.730. The van der Waals surface area contributed by atoms with Gasteiger partial charge in [-0.15, -0.1) is 0 Å². The van der Waals surface area contributed by atoms with Crippen molar-refractivity contribution in [2.24, 2.45) is 5.84 Å². The standard InChI is InChI=1S/C10H12BrN5/c11-7-5-8-10(13-6-7)16-4-3-15(12)2-1-9(16)14-8/h5-6H,1-4,12H2. The van der Waals surface area contributed by atoms with Crippen LogP contribution in [0.3, 0.4) is 0 Å². The maximum atomic E-state index is 5.81. The molecule has 0 fully saturated rings. The van der Waals surface area contributed by atoms with E-state index >= 15 is 0 Å². The molecule has 2 aromatic heterocycles. The Hall–Kier alpha value is -0.980. The monoisotopic (exact) mass is 281 g/mol. The summed E-state index contributed by atoms with van der Waals surface area (Å²) in [6.07, 6.45) is 2.69. The molecule has 3 rings (SSSR count). The van der Waals surface area contributed by atoms with Crippen molar-refractivity contribution < 1.29 is 0 Å². The highest BCUT2D eigenvalue weighted by molar-refractivity contribution is 9.10. The molecular formula is C10H12BrN5. The Labute approximate surface area is 101 Å². The number of rotatable bonds is 0. The summed E-state index contributed by atoms with van der Waals surface area (Å²) >= 11 is 3.41. The van der Waals surface area contributed by atoms with E-state index in [0.29, 0.717) is 0 Å². The number of pyridine rings is 1. The van der Waals surface area contributed by atoms with Gasteiger partial charge in [0.1, 0.15) is 11.3 Å². The van der Waals surface area contributed by atoms with E-state index in [9.17, 15) is 0 Å². The fraction of sp³-hybridized carbons (Fsp3) is 0.400. The minimum atomic E-state index is 0.843. The molecule has 84 valence electrons. The first-order valence-corrected chi connectivity index (χ1v) is 6.03. The summed E-state index contributed by atoms with van der Waals surface area (Å²) in [6.45, 7) is 2.55. The summed E-state index contributed by atoms with van der Waals surface area (Å²) < 4.78 is 3.13. The van der Waals surface area contributed by atoms with Gasteiger partial charge < -0.3 is 4.57 Å². The van der Waals surface area contributed by atoms with E-state index in [1.54, 1.807) is 0 Å². The molecule has 3 heterocycles. The lowest BCUT2D eigenvalue weighted by atomic mass is 10.4. The second-order valence-corrected chi connectivity index (χ2v) is 4.88. The molecule has 1 aliphatic rings. The van der Waals surface area contributed by atoms with Crippen LogP contribution in [-0.2, 0) is 13.0 Å². The van der Waals surface area contributed by atoms with Crippen molar-refractivity contribution in [1.29, 1.82) is 0 Å². The number of nitrogens with two attached hydrogens (primary N) is 1. The fourth-order valence-electron chi connectivity index (χ4n) is 2.04. The molecule has 0 unspecified atom stereocenters. The van der Waals surface area contributed by atoms with Crippen LogP contribution in [0, 0.1) is 0 Å². The van der Waals surface area contributed by atoms with E-state index in [0.717, 1.165) is 47.5 Å². The summed E-state index contributed by atoms with van der Waals surface area (Å²) in [5.41, 5.74) is 1.91. The van der Waals surface area contributed by atoms with E-state index in [2.05, 4.69) is 30.5 Å². The predicted octanol–water partition coefficient (Wildman–Crippen LogP) is 0.926. The Bertz CT molecular complexity index is 535. The van der Waals surface area contributed by atoms with Crippen LogP contribution >= 0.6 is 15.9 Å². The van der Waals surface area contributed by atoms with Gasteiger partial charge in [0.25, 0.3) is 0 Å². The highest BCUT2D eigenvalue weighted by Gasteiger charge is 2.16. The van der Waals surface area contributed by atoms with Gasteiger partial charge in [0.2, 0.25) is 0 Å². The predicted molar refractivity (Wildman–Crippen MR) is 64.7 cm³/mol. The third kappa shape index (κ3) is 1.63. The lowest BCUT2D eigenvalue weighted by Crippen LogP contribution is -2.33. The van der Waals surface area contributed by atoms with Crippen molar-refractivity contribution in [3.63, 3.8) is 0 Å². The summed E-state index contributed by atoms with van der Waals surface area (Å²) in [5.74, 6) is 6.88. The smallest absolute Gasteiger partial charge is 0.160 e. The molecule has 0 amide bonds. The number of hydrazine groups is 1. The van der Waals surface area contributed by atoms with Crippen molar-refractivity contribution in [2.75, 3.05) is 13.1 Å². The average molecular weight is 282 g/mol. The second-order valence-electron chi connectivity index (χ2n) is 3.96. The lowest BCUT2D eigenvalue weighted by molar-refractivity contribution is 0.290. The van der Waals surface area contributed by atoms with Crippen LogP contribution in [-0.4, -0.2) is 32.6 Å². The van der Waals surface area contributed by atoms with Crippen LogP contribution in [0.1, 0.15) is 5.82 Å². The molecule has 2 N–H and O–H groups in total. The van der Waals surface area contributed by atoms with E-state index < -0.39 is 0 Å². The molecule has 0 saturated heterocycles. The summed E-state index contributed by atoms with van der Waals surface area (Å²) in [4.78, 5) is 9.01. The Morgan fingerprint density at radius 2 is 2.19 bits per heavy atom. The molecule has 0 atom stereocenters. The zero-order valence-corrected chi connectivity index (χ0v) is 10.3. The molecule has 1 aliphatic heterocycles. The zero-order chi connectivity index (χ0) is 11.1. The van der Waals surface area contributed by atoms with E-state index in [-0.39, 0.29) is 0 Å². The topological polar surface area (TPSA) is 60.0 Å². The highest BCUT2D eigenvalue weighted by atomic mass is 79.9. The fourth-order valence-corrected chi connectivity index (χ4v) is 2.36. The SMILES string of the molecule is NN1CCc2nc3cc(Br)cnc3n2CC1. The van der Waals surface area contributed by atoms with Crippen LogP contribution in [0.5, 0.6) is 0 Å². The summed E-state index contributed by atoms with van der Waals surface area (Å²) in [7, 11) is 0. The van der Waals surface area contributed by atoms with E-state index in [4.69, 9.17) is 5.84 Å². The van der Waals surface area contributed by atoms with E-state index in [1.807, 2.05) is 17.3 Å². The molecular weight excluding hydrogens is 270 g/mol. The molecule has 6 heteroatoms. The number of halogens is 1. The van der Waals surface area contributed by atoms with Gasteiger partial charge in [-0.2, -0.15) is 0 Å². The first-order valence-electron chi connectivity index (χ1n) is 5.24. The second kappa shape index (κ2) is 3.80. The first kappa shape index (κ1) is 10.2. The van der Waals surface area contributed by atoms with Crippen molar-refractivity contribution in [1.82, 2.24) is 19.5 Å². The largest absolute Gasteiger partial charge is 0.311 e. The van der Waals surface area contributed by atoms with Gasteiger partial charge in [-0.05, 0) is 22.0 Å². The Morgan fingerprint density at radius 1 is 1.31 bits per heavy atom. The van der Waals surface area contributed by atoms with Gasteiger partial charge in [0.05, 0.1) is 0 Å². The minimum Gasteiger partial charge on any atom is -0.311 e. The first-order chi connectivity index (χ1) is 7.74. The van der Waals surface area contributed by atoms with Gasteiger partial charge in [0, 0.05) is 36.7 Å². The Kier molecular flexibility index (Phi) is 2.42. The molecule has 16 heavy (non-hydrogen) atoms. The van der Waals surface area contributed by atoms with Crippen LogP contribution in [0.2, 0.25) is 0 Å². The normalized spacial score (nSPS) is 17.4. The number of imidazole rings is 1. The van der Waals surface area contributed by atoms with Crippen molar-refractivity contribution in [3.8, 4) is 0 Å². The van der Waals surface area contributed by atoms with Crippen LogP contribution in [0.15, 0.2) is 16.7 Å². The molecule has 0 aliphatic carbocycles. The molecule has 0 radical (unpaired) electrons. The van der Waals surface area contributed by atoms with Crippen molar-refractivity contribution in [2.45, 2.75) is 13.0 Å². The highest BCUT2D eigenvalue weighted by Crippen LogP contribution is 2.19. The summed E-state index contributed by atoms with van der Waals surface area (Å²) in [5, 5.41) is 1.83. The minimum absolute atomic E-state index is 0.843. The van der Waals surface area contributed by atoms with Gasteiger partial charge in [-0.3, -0.25) is 5.84 Å². The third-order valence-corrected chi connectivity index (χ3v) is 3.30. The zero-order valence-electron chi connectivity index (χ0n) is 8.73. The van der Waals surface area contributed by atoms with E-state index in [1.165, 1.54) is 0 Å². The van der Waals surface area contributed by atoms with Gasteiger partial charge >= 0.3 is 0 Å². The molecule has 0 saturated carbocycles. The van der Waals surface area contributed by atoms with Crippen molar-refractivity contribution >= 4 is 27.1 Å². The average Bonchev–Trinajstić information content (AvgIpc) is 2.50. The van der Waals surface area contributed by atoms with Crippen LogP contribution in [0.4, 0.5) is 0 Å². The molecule has 0 aromatic carbocycles. The molecule has 5 nitrogen and oxygen atoms in total. The van der Waals surface area contributed by atoms with Crippen LogP contribution in [0.25, 0.3) is 11.2 Å². The third-order valence-electron chi connectivity index (χ3n) is 2.86. The number of nitrogens with zero attached hydrogens (tertiary/aromatic N) is 4. The van der Waals surface area contributed by atoms with Gasteiger partial charge in [-0.1, -0.05) is 0 Å².